The summed E-state index contributed by atoms with van der Waals surface area (Å²) in [5.41, 5.74) is 1.69. The first kappa shape index (κ1) is 16.8. The number of hydrogen-bond donors (Lipinski definition) is 3. The maximum Gasteiger partial charge on any atom is 0.271 e. The maximum atomic E-state index is 12.9. The first-order valence-corrected chi connectivity index (χ1v) is 8.98. The molecule has 1 saturated carbocycles. The van der Waals surface area contributed by atoms with E-state index in [4.69, 9.17) is 0 Å². The summed E-state index contributed by atoms with van der Waals surface area (Å²) in [6, 6.07) is 11.5. The summed E-state index contributed by atoms with van der Waals surface area (Å²) < 4.78 is 1.64. The predicted octanol–water partition coefficient (Wildman–Crippen LogP) is 0.800. The van der Waals surface area contributed by atoms with Crippen LogP contribution in [0.4, 0.5) is 0 Å². The zero-order valence-electron chi connectivity index (χ0n) is 14.9. The van der Waals surface area contributed by atoms with Crippen molar-refractivity contribution in [2.75, 3.05) is 20.1 Å². The van der Waals surface area contributed by atoms with Crippen LogP contribution in [0.3, 0.4) is 0 Å². The van der Waals surface area contributed by atoms with Crippen LogP contribution >= 0.6 is 0 Å². The molecule has 2 aromatic rings. The molecule has 26 heavy (non-hydrogen) atoms. The van der Waals surface area contributed by atoms with Gasteiger partial charge in [-0.25, -0.2) is 0 Å². The van der Waals surface area contributed by atoms with Gasteiger partial charge in [-0.15, -0.1) is 0 Å². The summed E-state index contributed by atoms with van der Waals surface area (Å²) in [6.07, 6.45) is 0. The largest absolute Gasteiger partial charge is 0.354 e. The van der Waals surface area contributed by atoms with E-state index in [1.807, 2.05) is 37.3 Å². The second-order valence-electron chi connectivity index (χ2n) is 7.01. The highest BCUT2D eigenvalue weighted by Crippen LogP contribution is 2.41. The van der Waals surface area contributed by atoms with E-state index in [0.29, 0.717) is 17.5 Å². The summed E-state index contributed by atoms with van der Waals surface area (Å²) >= 11 is 0. The summed E-state index contributed by atoms with van der Waals surface area (Å²) in [5, 5.41) is 13.4. The highest BCUT2D eigenvalue weighted by molar-refractivity contribution is 5.98. The van der Waals surface area contributed by atoms with E-state index >= 15 is 0 Å². The Balaban J connectivity index is 1.62. The van der Waals surface area contributed by atoms with E-state index in [1.54, 1.807) is 17.8 Å². The summed E-state index contributed by atoms with van der Waals surface area (Å²) in [4.78, 5) is 24.9. The number of aromatic nitrogens is 2. The molecule has 1 aromatic carbocycles. The number of piperidine rings is 1. The number of amides is 2. The molecule has 2 heterocycles. The molecule has 4 atom stereocenters. The Hall–Kier alpha value is -2.67. The van der Waals surface area contributed by atoms with Gasteiger partial charge in [-0.2, -0.15) is 5.10 Å². The molecule has 3 N–H and O–H groups in total. The molecule has 7 nitrogen and oxygen atoms in total. The maximum absolute atomic E-state index is 12.9. The Morgan fingerprint density at radius 2 is 1.88 bits per heavy atom. The summed E-state index contributed by atoms with van der Waals surface area (Å²) in [7, 11) is 1.56. The van der Waals surface area contributed by atoms with Crippen molar-refractivity contribution in [1.29, 1.82) is 0 Å². The number of rotatable bonds is 5. The van der Waals surface area contributed by atoms with Crippen LogP contribution in [0.1, 0.15) is 39.5 Å². The number of carbonyl (C=O) groups is 2. The fourth-order valence-electron chi connectivity index (χ4n) is 3.83. The molecule has 136 valence electrons. The average Bonchev–Trinajstić information content (AvgIpc) is 3.07. The quantitative estimate of drug-likeness (QED) is 0.742. The number of nitrogens with zero attached hydrogens (tertiary/aromatic N) is 2. The highest BCUT2D eigenvalue weighted by atomic mass is 16.2. The van der Waals surface area contributed by atoms with Gasteiger partial charge in [0.25, 0.3) is 11.8 Å². The molecular weight excluding hydrogens is 330 g/mol. The Kier molecular flexibility index (Phi) is 4.24. The van der Waals surface area contributed by atoms with Crippen molar-refractivity contribution >= 4 is 11.8 Å². The smallest absolute Gasteiger partial charge is 0.271 e. The van der Waals surface area contributed by atoms with Gasteiger partial charge in [0.1, 0.15) is 5.69 Å². The zero-order chi connectivity index (χ0) is 18.3. The lowest BCUT2D eigenvalue weighted by Gasteiger charge is -2.16. The van der Waals surface area contributed by atoms with Gasteiger partial charge in [-0.3, -0.25) is 14.3 Å². The highest BCUT2D eigenvalue weighted by Gasteiger charge is 2.53. The standard InChI is InChI=1S/C19H23N5O2/c1-11(12-6-4-3-5-7-12)24-16(8-15(23-24)18(25)20-2)19(26)22-17-13-9-21-10-14(13)17/h3-8,11,13-14,17,21H,9-10H2,1-2H3,(H,20,25)(H,22,26)/t11-,13-,14+,17?/m0/s1. The number of fused-ring (bicyclic) bond motifs is 1. The molecule has 1 aromatic heterocycles. The lowest BCUT2D eigenvalue weighted by atomic mass is 10.1. The molecule has 0 bridgehead atoms. The van der Waals surface area contributed by atoms with Crippen molar-refractivity contribution in [3.8, 4) is 0 Å². The zero-order valence-corrected chi connectivity index (χ0v) is 14.9. The molecule has 1 aliphatic carbocycles. The molecule has 4 rings (SSSR count). The molecular formula is C19H23N5O2. The average molecular weight is 353 g/mol. The summed E-state index contributed by atoms with van der Waals surface area (Å²) in [6.45, 7) is 3.89. The van der Waals surface area contributed by atoms with Crippen molar-refractivity contribution in [3.63, 3.8) is 0 Å². The lowest BCUT2D eigenvalue weighted by molar-refractivity contribution is 0.0931. The van der Waals surface area contributed by atoms with E-state index < -0.39 is 0 Å². The van der Waals surface area contributed by atoms with E-state index in [2.05, 4.69) is 21.0 Å². The number of benzene rings is 1. The normalized spacial score (nSPS) is 24.6. The molecule has 2 amide bonds. The van der Waals surface area contributed by atoms with Crippen molar-refractivity contribution in [1.82, 2.24) is 25.7 Å². The van der Waals surface area contributed by atoms with Crippen LogP contribution < -0.4 is 16.0 Å². The Morgan fingerprint density at radius 1 is 1.19 bits per heavy atom. The van der Waals surface area contributed by atoms with Crippen LogP contribution in [-0.4, -0.2) is 47.8 Å². The second-order valence-corrected chi connectivity index (χ2v) is 7.01. The van der Waals surface area contributed by atoms with Crippen LogP contribution in [0.5, 0.6) is 0 Å². The predicted molar refractivity (Wildman–Crippen MR) is 97.0 cm³/mol. The van der Waals surface area contributed by atoms with Gasteiger partial charge >= 0.3 is 0 Å². The SMILES string of the molecule is CNC(=O)c1cc(C(=O)NC2[C@H]3CNC[C@@H]23)n([C@@H](C)c2ccccc2)n1. The van der Waals surface area contributed by atoms with Gasteiger partial charge < -0.3 is 16.0 Å². The van der Waals surface area contributed by atoms with Crippen molar-refractivity contribution in [2.45, 2.75) is 19.0 Å². The molecule has 2 aliphatic rings. The third kappa shape index (κ3) is 2.88. The third-order valence-electron chi connectivity index (χ3n) is 5.47. The minimum Gasteiger partial charge on any atom is -0.354 e. The molecule has 1 aliphatic heterocycles. The summed E-state index contributed by atoms with van der Waals surface area (Å²) in [5.74, 6) is 0.584. The van der Waals surface area contributed by atoms with Crippen LogP contribution in [0.2, 0.25) is 0 Å². The van der Waals surface area contributed by atoms with Gasteiger partial charge in [-0.05, 0) is 24.3 Å². The van der Waals surface area contributed by atoms with Gasteiger partial charge in [-0.1, -0.05) is 30.3 Å². The minimum absolute atomic E-state index is 0.157. The number of nitrogens with one attached hydrogen (secondary N) is 3. The van der Waals surface area contributed by atoms with E-state index in [1.165, 1.54) is 0 Å². The van der Waals surface area contributed by atoms with Crippen LogP contribution in [-0.2, 0) is 0 Å². The molecule has 2 fully saturated rings. The number of hydrogen-bond acceptors (Lipinski definition) is 4. The monoisotopic (exact) mass is 353 g/mol. The second kappa shape index (κ2) is 6.57. The minimum atomic E-state index is -0.300. The molecule has 1 saturated heterocycles. The molecule has 0 spiro atoms. The molecule has 0 radical (unpaired) electrons. The Morgan fingerprint density at radius 3 is 2.54 bits per heavy atom. The third-order valence-corrected chi connectivity index (χ3v) is 5.47. The Labute approximate surface area is 152 Å². The van der Waals surface area contributed by atoms with E-state index in [9.17, 15) is 9.59 Å². The fraction of sp³-hybridized carbons (Fsp3) is 0.421. The van der Waals surface area contributed by atoms with Crippen molar-refractivity contribution in [2.24, 2.45) is 11.8 Å². The van der Waals surface area contributed by atoms with Crippen LogP contribution in [0, 0.1) is 11.8 Å². The van der Waals surface area contributed by atoms with Crippen molar-refractivity contribution in [3.05, 3.63) is 53.3 Å². The lowest BCUT2D eigenvalue weighted by Crippen LogP contribution is -2.34. The van der Waals surface area contributed by atoms with Crippen molar-refractivity contribution < 1.29 is 9.59 Å². The van der Waals surface area contributed by atoms with Crippen LogP contribution in [0.15, 0.2) is 36.4 Å². The van der Waals surface area contributed by atoms with Gasteiger partial charge in [0.2, 0.25) is 0 Å². The van der Waals surface area contributed by atoms with Crippen LogP contribution in [0.25, 0.3) is 0 Å². The number of carbonyl (C=O) groups excluding carboxylic acids is 2. The van der Waals surface area contributed by atoms with Gasteiger partial charge in [0, 0.05) is 32.2 Å². The Bertz CT molecular complexity index is 822. The first-order chi connectivity index (χ1) is 12.6. The topological polar surface area (TPSA) is 88.0 Å². The fourth-order valence-corrected chi connectivity index (χ4v) is 3.83. The molecule has 7 heteroatoms. The van der Waals surface area contributed by atoms with E-state index in [0.717, 1.165) is 18.7 Å². The van der Waals surface area contributed by atoms with E-state index in [-0.39, 0.29) is 29.6 Å². The van der Waals surface area contributed by atoms with Gasteiger partial charge in [0.05, 0.1) is 6.04 Å². The molecule has 1 unspecified atom stereocenters. The first-order valence-electron chi connectivity index (χ1n) is 8.98. The van der Waals surface area contributed by atoms with Gasteiger partial charge in [0.15, 0.2) is 5.69 Å².